The van der Waals surface area contributed by atoms with E-state index in [-0.39, 0.29) is 0 Å². The summed E-state index contributed by atoms with van der Waals surface area (Å²) in [6, 6.07) is 13.0. The molecule has 0 spiro atoms. The smallest absolute Gasteiger partial charge is 0.122 e. The van der Waals surface area contributed by atoms with Gasteiger partial charge in [0.15, 0.2) is 0 Å². The molecule has 0 aliphatic rings. The molecule has 0 bridgehead atoms. The van der Waals surface area contributed by atoms with Crippen LogP contribution in [0, 0.1) is 13.8 Å². The van der Waals surface area contributed by atoms with Crippen LogP contribution in [0.2, 0.25) is 0 Å². The molecule has 2 aromatic carbocycles. The van der Waals surface area contributed by atoms with E-state index in [0.29, 0.717) is 11.8 Å². The molecule has 0 fully saturated rings. The second kappa shape index (κ2) is 9.66. The summed E-state index contributed by atoms with van der Waals surface area (Å²) in [5.41, 5.74) is 5.06. The van der Waals surface area contributed by atoms with Gasteiger partial charge in [-0.25, -0.2) is 0 Å². The quantitative estimate of drug-likeness (QED) is 0.462. The highest BCUT2D eigenvalue weighted by molar-refractivity contribution is 5.38. The van der Waals surface area contributed by atoms with Crippen LogP contribution in [0.3, 0.4) is 0 Å². The van der Waals surface area contributed by atoms with Crippen LogP contribution in [-0.2, 0) is 0 Å². The first-order chi connectivity index (χ1) is 12.4. The van der Waals surface area contributed by atoms with Crippen molar-refractivity contribution in [3.63, 3.8) is 0 Å². The van der Waals surface area contributed by atoms with Crippen molar-refractivity contribution in [2.24, 2.45) is 0 Å². The van der Waals surface area contributed by atoms with Crippen molar-refractivity contribution in [2.75, 3.05) is 13.2 Å². The summed E-state index contributed by atoms with van der Waals surface area (Å²) < 4.78 is 12.0. The second-order valence-corrected chi connectivity index (χ2v) is 7.76. The van der Waals surface area contributed by atoms with E-state index in [1.165, 1.54) is 22.3 Å². The molecule has 0 amide bonds. The highest BCUT2D eigenvalue weighted by Gasteiger charge is 2.06. The molecule has 0 saturated carbocycles. The molecule has 142 valence electrons. The maximum absolute atomic E-state index is 6.00. The van der Waals surface area contributed by atoms with Crippen molar-refractivity contribution in [3.05, 3.63) is 58.7 Å². The minimum absolute atomic E-state index is 0.524. The van der Waals surface area contributed by atoms with Crippen molar-refractivity contribution < 1.29 is 9.47 Å². The molecule has 0 aliphatic carbocycles. The zero-order valence-corrected chi connectivity index (χ0v) is 17.3. The van der Waals surface area contributed by atoms with Gasteiger partial charge in [0.2, 0.25) is 0 Å². The Hall–Kier alpha value is -1.96. The molecule has 2 heteroatoms. The summed E-state index contributed by atoms with van der Waals surface area (Å²) >= 11 is 0. The summed E-state index contributed by atoms with van der Waals surface area (Å²) in [4.78, 5) is 0. The van der Waals surface area contributed by atoms with Crippen molar-refractivity contribution in [1.82, 2.24) is 0 Å². The number of aryl methyl sites for hydroxylation is 2. The van der Waals surface area contributed by atoms with Gasteiger partial charge in [-0.2, -0.15) is 0 Å². The minimum Gasteiger partial charge on any atom is -0.493 e. The molecule has 0 heterocycles. The Morgan fingerprint density at radius 2 is 1.04 bits per heavy atom. The van der Waals surface area contributed by atoms with Gasteiger partial charge in [0.1, 0.15) is 11.5 Å². The van der Waals surface area contributed by atoms with Crippen LogP contribution in [0.5, 0.6) is 11.5 Å². The first-order valence-electron chi connectivity index (χ1n) is 9.85. The van der Waals surface area contributed by atoms with Gasteiger partial charge in [0.25, 0.3) is 0 Å². The van der Waals surface area contributed by atoms with Gasteiger partial charge < -0.3 is 9.47 Å². The number of hydrogen-bond donors (Lipinski definition) is 0. The predicted molar refractivity (Wildman–Crippen MR) is 111 cm³/mol. The number of benzene rings is 2. The molecule has 2 aromatic rings. The Morgan fingerprint density at radius 3 is 1.38 bits per heavy atom. The van der Waals surface area contributed by atoms with Crippen molar-refractivity contribution in [3.8, 4) is 11.5 Å². The molecule has 0 radical (unpaired) electrons. The van der Waals surface area contributed by atoms with Gasteiger partial charge in [0.05, 0.1) is 13.2 Å². The molecule has 0 aliphatic heterocycles. The monoisotopic (exact) mass is 354 g/mol. The number of ether oxygens (including phenoxy) is 2. The second-order valence-electron chi connectivity index (χ2n) is 7.76. The fourth-order valence-corrected chi connectivity index (χ4v) is 2.83. The molecule has 0 saturated heterocycles. The number of unbranched alkanes of at least 4 members (excludes halogenated alkanes) is 1. The topological polar surface area (TPSA) is 18.5 Å². The van der Waals surface area contributed by atoms with Crippen LogP contribution in [0.4, 0.5) is 0 Å². The van der Waals surface area contributed by atoms with Crippen LogP contribution in [-0.4, -0.2) is 13.2 Å². The highest BCUT2D eigenvalue weighted by atomic mass is 16.5. The normalized spacial score (nSPS) is 11.2. The maximum Gasteiger partial charge on any atom is 0.122 e. The van der Waals surface area contributed by atoms with Gasteiger partial charge >= 0.3 is 0 Å². The molecule has 0 unspecified atom stereocenters. The summed E-state index contributed by atoms with van der Waals surface area (Å²) in [6.07, 6.45) is 1.99. The van der Waals surface area contributed by atoms with E-state index >= 15 is 0 Å². The average Bonchev–Trinajstić information content (AvgIpc) is 2.60. The van der Waals surface area contributed by atoms with E-state index in [0.717, 1.165) is 37.6 Å². The third-order valence-corrected chi connectivity index (χ3v) is 4.81. The Bertz CT molecular complexity index is 640. The molecule has 26 heavy (non-hydrogen) atoms. The van der Waals surface area contributed by atoms with Crippen molar-refractivity contribution in [2.45, 2.75) is 66.2 Å². The van der Waals surface area contributed by atoms with E-state index < -0.39 is 0 Å². The Balaban J connectivity index is 1.76. The first-order valence-corrected chi connectivity index (χ1v) is 9.85. The van der Waals surface area contributed by atoms with Gasteiger partial charge in [-0.15, -0.1) is 0 Å². The third-order valence-electron chi connectivity index (χ3n) is 4.81. The SMILES string of the molecule is Cc1ccc(C(C)C)cc1OCCCCOc1cc(C(C)C)ccc1C. The lowest BCUT2D eigenvalue weighted by Gasteiger charge is -2.14. The van der Waals surface area contributed by atoms with E-state index in [2.05, 4.69) is 77.9 Å². The maximum atomic E-state index is 6.00. The van der Waals surface area contributed by atoms with E-state index in [9.17, 15) is 0 Å². The summed E-state index contributed by atoms with van der Waals surface area (Å²) in [7, 11) is 0. The van der Waals surface area contributed by atoms with Crippen LogP contribution in [0.25, 0.3) is 0 Å². The molecular weight excluding hydrogens is 320 g/mol. The van der Waals surface area contributed by atoms with E-state index in [1.54, 1.807) is 0 Å². The summed E-state index contributed by atoms with van der Waals surface area (Å²) in [5, 5.41) is 0. The Morgan fingerprint density at radius 1 is 0.654 bits per heavy atom. The minimum atomic E-state index is 0.524. The Labute approximate surface area is 159 Å². The van der Waals surface area contributed by atoms with Gasteiger partial charge in [0, 0.05) is 0 Å². The molecule has 2 nitrogen and oxygen atoms in total. The summed E-state index contributed by atoms with van der Waals surface area (Å²) in [5.74, 6) is 3.07. The van der Waals surface area contributed by atoms with Crippen LogP contribution < -0.4 is 9.47 Å². The first kappa shape index (κ1) is 20.4. The summed E-state index contributed by atoms with van der Waals surface area (Å²) in [6.45, 7) is 14.5. The lowest BCUT2D eigenvalue weighted by molar-refractivity contribution is 0.264. The predicted octanol–water partition coefficient (Wildman–Crippen LogP) is 6.79. The van der Waals surface area contributed by atoms with Gasteiger partial charge in [-0.1, -0.05) is 52.0 Å². The van der Waals surface area contributed by atoms with Crippen molar-refractivity contribution >= 4 is 0 Å². The number of rotatable bonds is 9. The fourth-order valence-electron chi connectivity index (χ4n) is 2.83. The van der Waals surface area contributed by atoms with Crippen LogP contribution in [0.15, 0.2) is 36.4 Å². The average molecular weight is 355 g/mol. The van der Waals surface area contributed by atoms with E-state index in [1.807, 2.05) is 0 Å². The largest absolute Gasteiger partial charge is 0.493 e. The molecular formula is C24H34O2. The third kappa shape index (κ3) is 5.79. The molecule has 0 aromatic heterocycles. The highest BCUT2D eigenvalue weighted by Crippen LogP contribution is 2.25. The van der Waals surface area contributed by atoms with Gasteiger partial charge in [-0.3, -0.25) is 0 Å². The van der Waals surface area contributed by atoms with Crippen LogP contribution in [0.1, 0.15) is 74.6 Å². The lowest BCUT2D eigenvalue weighted by Crippen LogP contribution is -2.04. The standard InChI is InChI=1S/C24H34O2/c1-17(2)21-11-9-19(5)23(15-21)25-13-7-8-14-26-24-16-22(18(3)4)12-10-20(24)6/h9-12,15-18H,7-8,13-14H2,1-6H3. The fraction of sp³-hybridized carbons (Fsp3) is 0.500. The number of hydrogen-bond acceptors (Lipinski definition) is 2. The van der Waals surface area contributed by atoms with Crippen LogP contribution >= 0.6 is 0 Å². The zero-order chi connectivity index (χ0) is 19.1. The van der Waals surface area contributed by atoms with Crippen molar-refractivity contribution in [1.29, 1.82) is 0 Å². The lowest BCUT2D eigenvalue weighted by atomic mass is 10.0. The molecule has 0 N–H and O–H groups in total. The zero-order valence-electron chi connectivity index (χ0n) is 17.3. The Kier molecular flexibility index (Phi) is 7.56. The molecule has 2 rings (SSSR count). The molecule has 0 atom stereocenters. The van der Waals surface area contributed by atoms with Gasteiger partial charge in [-0.05, 0) is 72.9 Å². The van der Waals surface area contributed by atoms with E-state index in [4.69, 9.17) is 9.47 Å².